The average molecular weight is 358 g/mol. The number of aromatic nitrogens is 1. The fourth-order valence-corrected chi connectivity index (χ4v) is 3.97. The highest BCUT2D eigenvalue weighted by molar-refractivity contribution is 5.85. The number of likely N-dealkylation sites (tertiary alicyclic amines) is 1. The molecule has 3 aromatic rings. The molecule has 1 aliphatic heterocycles. The van der Waals surface area contributed by atoms with Crippen molar-refractivity contribution in [2.24, 2.45) is 0 Å². The van der Waals surface area contributed by atoms with Gasteiger partial charge in [0, 0.05) is 23.9 Å². The molecule has 0 spiro atoms. The van der Waals surface area contributed by atoms with Crippen LogP contribution in [0, 0.1) is 0 Å². The van der Waals surface area contributed by atoms with Crippen molar-refractivity contribution in [1.82, 2.24) is 9.88 Å². The standard InChI is InChI=1S/C24H26N2O/c1-18(27)15-19-9-11-20(12-10-19)24-16-21(17-26-13-5-2-6-14-26)22-7-3-4-8-23(22)25-24/h3-4,7-12,16H,2,5-6,13-15,17H2,1H3. The van der Waals surface area contributed by atoms with Gasteiger partial charge in [-0.3, -0.25) is 9.69 Å². The van der Waals surface area contributed by atoms with Crippen LogP contribution in [0.2, 0.25) is 0 Å². The minimum atomic E-state index is 0.190. The van der Waals surface area contributed by atoms with Crippen molar-refractivity contribution in [2.75, 3.05) is 13.1 Å². The van der Waals surface area contributed by atoms with Crippen molar-refractivity contribution >= 4 is 16.7 Å². The van der Waals surface area contributed by atoms with E-state index in [1.807, 2.05) is 12.1 Å². The monoisotopic (exact) mass is 358 g/mol. The lowest BCUT2D eigenvalue weighted by Gasteiger charge is -2.27. The summed E-state index contributed by atoms with van der Waals surface area (Å²) in [6.45, 7) is 4.99. The van der Waals surface area contributed by atoms with Gasteiger partial charge in [-0.1, -0.05) is 48.9 Å². The second-order valence-electron chi connectivity index (χ2n) is 7.60. The number of hydrogen-bond acceptors (Lipinski definition) is 3. The number of nitrogens with zero attached hydrogens (tertiary/aromatic N) is 2. The summed E-state index contributed by atoms with van der Waals surface area (Å²) in [5, 5.41) is 1.25. The maximum absolute atomic E-state index is 11.3. The molecule has 0 radical (unpaired) electrons. The Morgan fingerprint density at radius 1 is 1.00 bits per heavy atom. The Morgan fingerprint density at radius 2 is 1.74 bits per heavy atom. The van der Waals surface area contributed by atoms with E-state index >= 15 is 0 Å². The van der Waals surface area contributed by atoms with Crippen LogP contribution in [0.3, 0.4) is 0 Å². The Morgan fingerprint density at radius 3 is 2.48 bits per heavy atom. The van der Waals surface area contributed by atoms with Gasteiger partial charge in [0.1, 0.15) is 5.78 Å². The first-order valence-corrected chi connectivity index (χ1v) is 9.89. The molecule has 1 aliphatic rings. The second kappa shape index (κ2) is 8.01. The number of benzene rings is 2. The van der Waals surface area contributed by atoms with E-state index in [9.17, 15) is 4.79 Å². The van der Waals surface area contributed by atoms with Gasteiger partial charge in [-0.25, -0.2) is 4.98 Å². The molecule has 27 heavy (non-hydrogen) atoms. The summed E-state index contributed by atoms with van der Waals surface area (Å²) < 4.78 is 0. The molecule has 0 saturated carbocycles. The van der Waals surface area contributed by atoms with Crippen LogP contribution in [0.1, 0.15) is 37.3 Å². The number of rotatable bonds is 5. The van der Waals surface area contributed by atoms with Gasteiger partial charge < -0.3 is 0 Å². The van der Waals surface area contributed by atoms with Crippen LogP contribution < -0.4 is 0 Å². The molecular weight excluding hydrogens is 332 g/mol. The number of pyridine rings is 1. The van der Waals surface area contributed by atoms with Gasteiger partial charge >= 0.3 is 0 Å². The Bertz CT molecular complexity index is 940. The molecular formula is C24H26N2O. The lowest BCUT2D eigenvalue weighted by molar-refractivity contribution is -0.116. The quantitative estimate of drug-likeness (QED) is 0.642. The molecule has 0 amide bonds. The summed E-state index contributed by atoms with van der Waals surface area (Å²) >= 11 is 0. The first-order valence-electron chi connectivity index (χ1n) is 9.89. The Labute approximate surface area is 161 Å². The molecule has 3 heteroatoms. The average Bonchev–Trinajstić information content (AvgIpc) is 2.69. The van der Waals surface area contributed by atoms with Gasteiger partial charge in [-0.2, -0.15) is 0 Å². The van der Waals surface area contributed by atoms with Crippen LogP contribution in [0.4, 0.5) is 0 Å². The number of hydrogen-bond donors (Lipinski definition) is 0. The molecule has 0 bridgehead atoms. The number of carbonyl (C=O) groups is 1. The lowest BCUT2D eigenvalue weighted by Crippen LogP contribution is -2.29. The largest absolute Gasteiger partial charge is 0.300 e. The van der Waals surface area contributed by atoms with Crippen molar-refractivity contribution in [2.45, 2.75) is 39.2 Å². The van der Waals surface area contributed by atoms with E-state index in [0.29, 0.717) is 6.42 Å². The highest BCUT2D eigenvalue weighted by atomic mass is 16.1. The van der Waals surface area contributed by atoms with E-state index < -0.39 is 0 Å². The van der Waals surface area contributed by atoms with Gasteiger partial charge in [0.15, 0.2) is 0 Å². The summed E-state index contributed by atoms with van der Waals surface area (Å²) in [7, 11) is 0. The van der Waals surface area contributed by atoms with Crippen LogP contribution in [0.25, 0.3) is 22.2 Å². The summed E-state index contributed by atoms with van der Waals surface area (Å²) in [5.74, 6) is 0.190. The normalized spacial score (nSPS) is 15.1. The van der Waals surface area contributed by atoms with Gasteiger partial charge in [0.05, 0.1) is 11.2 Å². The van der Waals surface area contributed by atoms with E-state index in [4.69, 9.17) is 4.98 Å². The molecule has 3 nitrogen and oxygen atoms in total. The van der Waals surface area contributed by atoms with Gasteiger partial charge in [0.2, 0.25) is 0 Å². The van der Waals surface area contributed by atoms with Crippen molar-refractivity contribution in [1.29, 1.82) is 0 Å². The SMILES string of the molecule is CC(=O)Cc1ccc(-c2cc(CN3CCCCC3)c3ccccc3n2)cc1. The summed E-state index contributed by atoms with van der Waals surface area (Å²) in [6, 6.07) is 18.9. The van der Waals surface area contributed by atoms with Crippen molar-refractivity contribution < 1.29 is 4.79 Å². The zero-order valence-corrected chi connectivity index (χ0v) is 15.9. The van der Waals surface area contributed by atoms with Crippen LogP contribution in [0.5, 0.6) is 0 Å². The van der Waals surface area contributed by atoms with Crippen LogP contribution in [-0.4, -0.2) is 28.8 Å². The molecule has 4 rings (SSSR count). The minimum absolute atomic E-state index is 0.190. The molecule has 138 valence electrons. The van der Waals surface area contributed by atoms with E-state index in [1.54, 1.807) is 6.92 Å². The molecule has 1 saturated heterocycles. The third kappa shape index (κ3) is 4.25. The summed E-state index contributed by atoms with van der Waals surface area (Å²) in [5.41, 5.74) is 5.57. The van der Waals surface area contributed by atoms with Gasteiger partial charge in [-0.05, 0) is 56.1 Å². The molecule has 2 aromatic carbocycles. The number of ketones is 1. The molecule has 2 heterocycles. The first kappa shape index (κ1) is 17.9. The van der Waals surface area contributed by atoms with Gasteiger partial charge in [-0.15, -0.1) is 0 Å². The highest BCUT2D eigenvalue weighted by Crippen LogP contribution is 2.27. The Balaban J connectivity index is 1.69. The number of para-hydroxylation sites is 1. The molecule has 0 atom stereocenters. The fourth-order valence-electron chi connectivity index (χ4n) is 3.97. The second-order valence-corrected chi connectivity index (χ2v) is 7.60. The lowest BCUT2D eigenvalue weighted by atomic mass is 10.0. The number of fused-ring (bicyclic) bond motifs is 1. The van der Waals surface area contributed by atoms with E-state index in [2.05, 4.69) is 47.4 Å². The smallest absolute Gasteiger partial charge is 0.134 e. The predicted molar refractivity (Wildman–Crippen MR) is 111 cm³/mol. The molecule has 1 aromatic heterocycles. The van der Waals surface area contributed by atoms with E-state index in [-0.39, 0.29) is 5.78 Å². The third-order valence-corrected chi connectivity index (χ3v) is 5.35. The number of piperidine rings is 1. The molecule has 0 N–H and O–H groups in total. The summed E-state index contributed by atoms with van der Waals surface area (Å²) in [4.78, 5) is 18.8. The predicted octanol–water partition coefficient (Wildman–Crippen LogP) is 5.02. The molecule has 1 fully saturated rings. The van der Waals surface area contributed by atoms with E-state index in [0.717, 1.165) is 28.9 Å². The van der Waals surface area contributed by atoms with Crippen LogP contribution in [0.15, 0.2) is 54.6 Å². The maximum atomic E-state index is 11.3. The summed E-state index contributed by atoms with van der Waals surface area (Å²) in [6.07, 6.45) is 4.44. The minimum Gasteiger partial charge on any atom is -0.300 e. The third-order valence-electron chi connectivity index (χ3n) is 5.35. The van der Waals surface area contributed by atoms with Crippen molar-refractivity contribution in [3.05, 3.63) is 65.7 Å². The molecule has 0 unspecified atom stereocenters. The topological polar surface area (TPSA) is 33.2 Å². The number of Topliss-reactive ketones (excluding diaryl/α,β-unsaturated/α-hetero) is 1. The zero-order valence-electron chi connectivity index (χ0n) is 15.9. The van der Waals surface area contributed by atoms with Crippen LogP contribution in [-0.2, 0) is 17.8 Å². The maximum Gasteiger partial charge on any atom is 0.134 e. The Hall–Kier alpha value is -2.52. The van der Waals surface area contributed by atoms with E-state index in [1.165, 1.54) is 43.3 Å². The fraction of sp³-hybridized carbons (Fsp3) is 0.333. The van der Waals surface area contributed by atoms with Crippen molar-refractivity contribution in [3.63, 3.8) is 0 Å². The van der Waals surface area contributed by atoms with Gasteiger partial charge in [0.25, 0.3) is 0 Å². The molecule has 0 aliphatic carbocycles. The highest BCUT2D eigenvalue weighted by Gasteiger charge is 2.14. The van der Waals surface area contributed by atoms with Crippen molar-refractivity contribution in [3.8, 4) is 11.3 Å². The van der Waals surface area contributed by atoms with Crippen LogP contribution >= 0.6 is 0 Å². The Kier molecular flexibility index (Phi) is 5.30. The first-order chi connectivity index (χ1) is 13.2. The zero-order chi connectivity index (χ0) is 18.6. The number of carbonyl (C=O) groups excluding carboxylic acids is 1.